The van der Waals surface area contributed by atoms with E-state index in [1.165, 1.54) is 116 Å². The first kappa shape index (κ1) is 77.7. The maximum Gasteiger partial charge on any atom is 0.472 e. The predicted octanol–water partition coefficient (Wildman–Crippen LogP) is 20.9. The van der Waals surface area contributed by atoms with E-state index >= 15 is 0 Å². The molecule has 0 rings (SSSR count). The number of hydrogen-bond acceptors (Lipinski definition) is 6. The molecule has 0 aliphatic rings. The molecular formula is C71H126N2O7P+. The molecule has 10 heteroatoms. The van der Waals surface area contributed by atoms with Crippen LogP contribution in [0.1, 0.15) is 278 Å². The Kier molecular flexibility index (Phi) is 57.4. The highest BCUT2D eigenvalue weighted by molar-refractivity contribution is 7.47. The zero-order chi connectivity index (χ0) is 59.3. The Hall–Kier alpha value is -3.33. The lowest BCUT2D eigenvalue weighted by Gasteiger charge is -2.27. The van der Waals surface area contributed by atoms with Gasteiger partial charge in [-0.3, -0.25) is 18.6 Å². The van der Waals surface area contributed by atoms with Gasteiger partial charge >= 0.3 is 13.8 Å². The van der Waals surface area contributed by atoms with E-state index in [1.807, 2.05) is 33.3 Å². The van der Waals surface area contributed by atoms with Gasteiger partial charge in [-0.2, -0.15) is 0 Å². The number of nitrogens with zero attached hydrogens (tertiary/aromatic N) is 1. The Morgan fingerprint density at radius 2 is 0.790 bits per heavy atom. The van der Waals surface area contributed by atoms with Gasteiger partial charge in [0.2, 0.25) is 5.91 Å². The molecule has 0 saturated carbocycles. The lowest BCUT2D eigenvalue weighted by atomic mass is 10.1. The van der Waals surface area contributed by atoms with Crippen LogP contribution in [0.3, 0.4) is 0 Å². The summed E-state index contributed by atoms with van der Waals surface area (Å²) in [6.45, 7) is 6.86. The van der Waals surface area contributed by atoms with Crippen molar-refractivity contribution in [3.63, 3.8) is 0 Å². The second-order valence-electron chi connectivity index (χ2n) is 23.3. The minimum atomic E-state index is -4.46. The number of carbonyl (C=O) groups is 2. The zero-order valence-corrected chi connectivity index (χ0v) is 54.1. The van der Waals surface area contributed by atoms with E-state index in [0.717, 1.165) is 128 Å². The molecule has 0 spiro atoms. The van der Waals surface area contributed by atoms with Crippen LogP contribution >= 0.6 is 7.82 Å². The Morgan fingerprint density at radius 1 is 0.444 bits per heavy atom. The standard InChI is InChI=1S/C71H125N2O7P/c1-7-10-13-16-19-22-25-27-29-31-32-33-34-35-36-37-38-39-40-42-44-46-49-52-55-58-61-64-71(75)80-69(62-59-56-53-50-47-24-21-18-15-12-9-3)68(67-79-81(76,77)78-66-65-73(4,5)6)72-70(74)63-60-57-54-51-48-45-43-41-30-28-26-23-20-17-14-11-8-2/h10,13,19-20,22-23,27-30,32-33,35-36,38-39,59,62,68-69H,7-9,11-12,14-18,21,24-26,31,34,37,40-58,60-61,63-67H2,1-6H3,(H-,72,74,76,77)/p+1/b13-10-,22-19-,23-20-,29-27-,30-28-,33-32-,36-35-,39-38-,62-59-. The van der Waals surface area contributed by atoms with Crippen molar-refractivity contribution in [3.8, 4) is 0 Å². The van der Waals surface area contributed by atoms with Gasteiger partial charge in [0.05, 0.1) is 33.8 Å². The lowest BCUT2D eigenvalue weighted by molar-refractivity contribution is -0.870. The van der Waals surface area contributed by atoms with Crippen molar-refractivity contribution in [2.75, 3.05) is 40.9 Å². The Balaban J connectivity index is 5.11. The largest absolute Gasteiger partial charge is 0.472 e. The van der Waals surface area contributed by atoms with Gasteiger partial charge in [0.15, 0.2) is 0 Å². The second-order valence-corrected chi connectivity index (χ2v) is 24.7. The van der Waals surface area contributed by atoms with E-state index in [2.05, 4.69) is 123 Å². The van der Waals surface area contributed by atoms with E-state index in [-0.39, 0.29) is 31.5 Å². The number of amides is 1. The Labute approximate surface area is 500 Å². The SMILES string of the molecule is CC/C=C\C/C=C\C/C=C\C/C=C\C/C=C\C/C=C\CCCCCCCCCCC(=O)OC(/C=C\CCCCCCCCCCC)C(COP(=O)(O)OCC[N+](C)(C)C)NC(=O)CCCCCCCCC/C=C\C/C=C\CCCCC. The molecule has 3 unspecified atom stereocenters. The summed E-state index contributed by atoms with van der Waals surface area (Å²) in [5, 5.41) is 3.05. The van der Waals surface area contributed by atoms with Crippen LogP contribution in [0.2, 0.25) is 0 Å². The van der Waals surface area contributed by atoms with Crippen LogP contribution in [0.4, 0.5) is 0 Å². The smallest absolute Gasteiger partial charge is 0.456 e. The molecule has 466 valence electrons. The van der Waals surface area contributed by atoms with E-state index in [0.29, 0.717) is 17.4 Å². The summed E-state index contributed by atoms with van der Waals surface area (Å²) in [5.74, 6) is -0.527. The molecule has 0 saturated heterocycles. The zero-order valence-electron chi connectivity index (χ0n) is 53.2. The molecule has 0 fully saturated rings. The summed E-state index contributed by atoms with van der Waals surface area (Å²) in [4.78, 5) is 37.8. The first-order valence-corrected chi connectivity index (χ1v) is 34.7. The minimum Gasteiger partial charge on any atom is -0.456 e. The molecule has 0 bridgehead atoms. The maximum absolute atomic E-state index is 13.6. The van der Waals surface area contributed by atoms with Gasteiger partial charge in [0.1, 0.15) is 19.3 Å². The average molecular weight is 1150 g/mol. The van der Waals surface area contributed by atoms with Crippen LogP contribution in [0.25, 0.3) is 0 Å². The van der Waals surface area contributed by atoms with Gasteiger partial charge < -0.3 is 19.4 Å². The number of allylic oxidation sites excluding steroid dienone is 17. The van der Waals surface area contributed by atoms with Crippen LogP contribution in [-0.4, -0.2) is 74.3 Å². The van der Waals surface area contributed by atoms with Crippen molar-refractivity contribution in [1.82, 2.24) is 5.32 Å². The molecule has 0 aliphatic carbocycles. The van der Waals surface area contributed by atoms with Gasteiger partial charge in [0.25, 0.3) is 0 Å². The summed E-state index contributed by atoms with van der Waals surface area (Å²) < 4.78 is 30.7. The third kappa shape index (κ3) is 61.1. The van der Waals surface area contributed by atoms with Crippen molar-refractivity contribution in [1.29, 1.82) is 0 Å². The summed E-state index contributed by atoms with van der Waals surface area (Å²) in [7, 11) is 1.47. The number of rotatable bonds is 59. The second kappa shape index (κ2) is 59.8. The van der Waals surface area contributed by atoms with Crippen molar-refractivity contribution >= 4 is 19.7 Å². The molecule has 0 aromatic heterocycles. The first-order chi connectivity index (χ1) is 39.4. The highest BCUT2D eigenvalue weighted by Gasteiger charge is 2.30. The summed E-state index contributed by atoms with van der Waals surface area (Å²) >= 11 is 0. The maximum atomic E-state index is 13.6. The number of hydrogen-bond donors (Lipinski definition) is 2. The predicted molar refractivity (Wildman–Crippen MR) is 350 cm³/mol. The van der Waals surface area contributed by atoms with Crippen LogP contribution < -0.4 is 5.32 Å². The number of nitrogens with one attached hydrogen (secondary N) is 1. The van der Waals surface area contributed by atoms with Crippen LogP contribution in [0.5, 0.6) is 0 Å². The number of esters is 1. The first-order valence-electron chi connectivity index (χ1n) is 33.2. The fourth-order valence-corrected chi connectivity index (χ4v) is 9.83. The molecule has 9 nitrogen and oxygen atoms in total. The lowest BCUT2D eigenvalue weighted by Crippen LogP contribution is -2.47. The number of phosphoric acid groups is 1. The normalized spacial score (nSPS) is 14.3. The van der Waals surface area contributed by atoms with Crippen molar-refractivity contribution in [2.45, 2.75) is 290 Å². The van der Waals surface area contributed by atoms with Crippen molar-refractivity contribution in [3.05, 3.63) is 109 Å². The van der Waals surface area contributed by atoms with Crippen molar-refractivity contribution in [2.24, 2.45) is 0 Å². The van der Waals surface area contributed by atoms with Gasteiger partial charge in [-0.25, -0.2) is 4.57 Å². The molecule has 0 heterocycles. The van der Waals surface area contributed by atoms with Gasteiger partial charge in [-0.1, -0.05) is 259 Å². The van der Waals surface area contributed by atoms with Gasteiger partial charge in [-0.05, 0) is 115 Å². The van der Waals surface area contributed by atoms with Crippen molar-refractivity contribution < 1.29 is 37.3 Å². The van der Waals surface area contributed by atoms with Gasteiger partial charge in [0, 0.05) is 12.8 Å². The van der Waals surface area contributed by atoms with E-state index < -0.39 is 20.0 Å². The highest BCUT2D eigenvalue weighted by atomic mass is 31.2. The van der Waals surface area contributed by atoms with Crippen LogP contribution in [0.15, 0.2) is 109 Å². The average Bonchev–Trinajstić information content (AvgIpc) is 3.44. The summed E-state index contributed by atoms with van der Waals surface area (Å²) in [5.41, 5.74) is 0. The third-order valence-corrected chi connectivity index (χ3v) is 15.2. The molecule has 2 N–H and O–H groups in total. The quantitative estimate of drug-likeness (QED) is 0.0205. The highest BCUT2D eigenvalue weighted by Crippen LogP contribution is 2.43. The minimum absolute atomic E-state index is 0.0323. The summed E-state index contributed by atoms with van der Waals surface area (Å²) in [6.07, 6.45) is 82.3. The third-order valence-electron chi connectivity index (χ3n) is 14.2. The van der Waals surface area contributed by atoms with Crippen LogP contribution in [0, 0.1) is 0 Å². The molecule has 81 heavy (non-hydrogen) atoms. The topological polar surface area (TPSA) is 111 Å². The summed E-state index contributed by atoms with van der Waals surface area (Å²) in [6, 6.07) is -0.862. The van der Waals surface area contributed by atoms with E-state index in [1.54, 1.807) is 0 Å². The molecule has 0 aromatic carbocycles. The Bertz CT molecular complexity index is 1750. The monoisotopic (exact) mass is 1150 g/mol. The number of ether oxygens (including phenoxy) is 1. The van der Waals surface area contributed by atoms with E-state index in [9.17, 15) is 19.0 Å². The fourth-order valence-electron chi connectivity index (χ4n) is 9.09. The van der Waals surface area contributed by atoms with Gasteiger partial charge in [-0.15, -0.1) is 0 Å². The number of likely N-dealkylation sites (N-methyl/N-ethyl adjacent to an activating group) is 1. The van der Waals surface area contributed by atoms with Crippen LogP contribution in [-0.2, 0) is 27.9 Å². The van der Waals surface area contributed by atoms with E-state index in [4.69, 9.17) is 13.8 Å². The molecule has 0 aromatic rings. The number of quaternary nitrogens is 1. The number of carbonyl (C=O) groups excluding carboxylic acids is 2. The molecule has 1 amide bonds. The molecular weight excluding hydrogens is 1020 g/mol. The molecule has 3 atom stereocenters. The molecule has 0 aliphatic heterocycles. The Morgan fingerprint density at radius 3 is 1.21 bits per heavy atom. The number of unbranched alkanes of at least 4 members (excludes halogenated alkanes) is 27. The number of phosphoric ester groups is 1. The molecule has 0 radical (unpaired) electrons. The fraction of sp³-hybridized carbons (Fsp3) is 0.718.